The fraction of sp³-hybridized carbons (Fsp3) is 0.476. The molecule has 27 heavy (non-hydrogen) atoms. The molecule has 2 rings (SSSR count). The first-order valence-corrected chi connectivity index (χ1v) is 9.44. The number of methoxy groups -OCH3 is 1. The van der Waals surface area contributed by atoms with Crippen molar-refractivity contribution in [3.8, 4) is 0 Å². The van der Waals surface area contributed by atoms with Gasteiger partial charge in [0.05, 0.1) is 7.11 Å². The van der Waals surface area contributed by atoms with Gasteiger partial charge in [-0.3, -0.25) is 9.59 Å². The van der Waals surface area contributed by atoms with Crippen molar-refractivity contribution < 1.29 is 19.1 Å². The number of carbonyl (C=O) groups excluding carboxylic acids is 3. The average Bonchev–Trinajstić information content (AvgIpc) is 3.22. The molecule has 1 fully saturated rings. The minimum Gasteiger partial charge on any atom is -0.467 e. The number of nitrogens with one attached hydrogen (secondary N) is 1. The summed E-state index contributed by atoms with van der Waals surface area (Å²) in [6.07, 6.45) is 8.42. The number of amides is 2. The van der Waals surface area contributed by atoms with Crippen molar-refractivity contribution >= 4 is 23.9 Å². The van der Waals surface area contributed by atoms with Crippen LogP contribution < -0.4 is 5.32 Å². The summed E-state index contributed by atoms with van der Waals surface area (Å²) >= 11 is 0. The number of rotatable bonds is 8. The third-order valence-electron chi connectivity index (χ3n) is 4.58. The fourth-order valence-electron chi connectivity index (χ4n) is 3.01. The Balaban J connectivity index is 1.80. The molecule has 0 unspecified atom stereocenters. The second-order valence-corrected chi connectivity index (χ2v) is 6.73. The van der Waals surface area contributed by atoms with Gasteiger partial charge in [-0.25, -0.2) is 4.79 Å². The molecule has 0 saturated carbocycles. The second kappa shape index (κ2) is 10.5. The molecular formula is C21H28N2O4. The van der Waals surface area contributed by atoms with Crippen molar-refractivity contribution in [3.05, 3.63) is 41.5 Å². The standard InChI is InChI=1S/C21H28N2O4/c1-16(21(26)27-2)22-20(25)18-11-8-10-17(15-18)9-4-3-5-12-19(24)23-13-6-7-14-23/h4,8-11,15-16H,3,5-7,12-14H2,1-2H3,(H,22,25)/t16-/m1/s1. The molecule has 1 atom stereocenters. The fourth-order valence-corrected chi connectivity index (χ4v) is 3.01. The zero-order chi connectivity index (χ0) is 19.6. The molecule has 0 spiro atoms. The molecule has 1 N–H and O–H groups in total. The van der Waals surface area contributed by atoms with Gasteiger partial charge in [0.2, 0.25) is 5.91 Å². The number of likely N-dealkylation sites (tertiary alicyclic amines) is 1. The van der Waals surface area contributed by atoms with Gasteiger partial charge in [0, 0.05) is 25.1 Å². The van der Waals surface area contributed by atoms with Crippen LogP contribution in [0.2, 0.25) is 0 Å². The number of unbranched alkanes of at least 4 members (excludes halogenated alkanes) is 1. The number of hydrogen-bond donors (Lipinski definition) is 1. The van der Waals surface area contributed by atoms with Crippen molar-refractivity contribution in [2.24, 2.45) is 0 Å². The molecule has 6 nitrogen and oxygen atoms in total. The first-order chi connectivity index (χ1) is 13.0. The van der Waals surface area contributed by atoms with Gasteiger partial charge >= 0.3 is 5.97 Å². The Hall–Kier alpha value is -2.63. The third kappa shape index (κ3) is 6.55. The Morgan fingerprint density at radius 2 is 2.00 bits per heavy atom. The predicted octanol–water partition coefficient (Wildman–Crippen LogP) is 2.78. The number of hydrogen-bond acceptors (Lipinski definition) is 4. The third-order valence-corrected chi connectivity index (χ3v) is 4.58. The zero-order valence-electron chi connectivity index (χ0n) is 16.1. The molecule has 1 aliphatic heterocycles. The lowest BCUT2D eigenvalue weighted by Crippen LogP contribution is -2.39. The molecule has 146 valence electrons. The first kappa shape index (κ1) is 20.7. The van der Waals surface area contributed by atoms with Crippen LogP contribution >= 0.6 is 0 Å². The summed E-state index contributed by atoms with van der Waals surface area (Å²) in [4.78, 5) is 37.6. The lowest BCUT2D eigenvalue weighted by molar-refractivity contribution is -0.142. The number of benzene rings is 1. The molecule has 0 aliphatic carbocycles. The monoisotopic (exact) mass is 372 g/mol. The summed E-state index contributed by atoms with van der Waals surface area (Å²) in [7, 11) is 1.29. The van der Waals surface area contributed by atoms with Gasteiger partial charge in [0.1, 0.15) is 6.04 Å². The van der Waals surface area contributed by atoms with Gasteiger partial charge in [-0.15, -0.1) is 0 Å². The Bertz CT molecular complexity index is 693. The maximum absolute atomic E-state index is 12.2. The summed E-state index contributed by atoms with van der Waals surface area (Å²) in [5.74, 6) is -0.554. The quantitative estimate of drug-likeness (QED) is 0.562. The van der Waals surface area contributed by atoms with Crippen molar-refractivity contribution in [2.45, 2.75) is 45.1 Å². The molecule has 0 aromatic heterocycles. The van der Waals surface area contributed by atoms with E-state index >= 15 is 0 Å². The van der Waals surface area contributed by atoms with Crippen LogP contribution in [0, 0.1) is 0 Å². The van der Waals surface area contributed by atoms with E-state index in [1.54, 1.807) is 25.1 Å². The summed E-state index contributed by atoms with van der Waals surface area (Å²) < 4.78 is 4.61. The Morgan fingerprint density at radius 3 is 2.70 bits per heavy atom. The van der Waals surface area contributed by atoms with Crippen molar-refractivity contribution in [3.63, 3.8) is 0 Å². The second-order valence-electron chi connectivity index (χ2n) is 6.73. The molecule has 1 saturated heterocycles. The van der Waals surface area contributed by atoms with E-state index in [9.17, 15) is 14.4 Å². The lowest BCUT2D eigenvalue weighted by atomic mass is 10.1. The smallest absolute Gasteiger partial charge is 0.328 e. The largest absolute Gasteiger partial charge is 0.467 e. The van der Waals surface area contributed by atoms with Crippen molar-refractivity contribution in [1.82, 2.24) is 10.2 Å². The Labute approximate surface area is 160 Å². The molecule has 1 aliphatic rings. The minimum atomic E-state index is -0.699. The molecule has 2 amide bonds. The van der Waals surface area contributed by atoms with Crippen LogP contribution in [0.1, 0.15) is 54.9 Å². The van der Waals surface area contributed by atoms with E-state index in [4.69, 9.17) is 0 Å². The summed E-state index contributed by atoms with van der Waals surface area (Å²) in [6, 6.07) is 6.48. The van der Waals surface area contributed by atoms with E-state index in [-0.39, 0.29) is 11.8 Å². The molecule has 0 bridgehead atoms. The topological polar surface area (TPSA) is 75.7 Å². The Kier molecular flexibility index (Phi) is 8.04. The highest BCUT2D eigenvalue weighted by atomic mass is 16.5. The number of esters is 1. The molecule has 0 radical (unpaired) electrons. The molecule has 1 aromatic carbocycles. The summed E-state index contributed by atoms with van der Waals surface area (Å²) in [6.45, 7) is 3.38. The maximum atomic E-state index is 12.2. The number of carbonyl (C=O) groups is 3. The highest BCUT2D eigenvalue weighted by Crippen LogP contribution is 2.12. The van der Waals surface area contributed by atoms with Crippen LogP contribution in [0.3, 0.4) is 0 Å². The first-order valence-electron chi connectivity index (χ1n) is 9.44. The molecule has 1 heterocycles. The number of allylic oxidation sites excluding steroid dienone is 1. The van der Waals surface area contributed by atoms with Crippen LogP contribution in [-0.4, -0.2) is 48.9 Å². The molecule has 1 aromatic rings. The van der Waals surface area contributed by atoms with E-state index in [1.165, 1.54) is 7.11 Å². The zero-order valence-corrected chi connectivity index (χ0v) is 16.1. The van der Waals surface area contributed by atoms with E-state index in [1.807, 2.05) is 23.1 Å². The van der Waals surface area contributed by atoms with E-state index in [0.29, 0.717) is 12.0 Å². The maximum Gasteiger partial charge on any atom is 0.328 e. The molecular weight excluding hydrogens is 344 g/mol. The summed E-state index contributed by atoms with van der Waals surface area (Å²) in [5, 5.41) is 2.61. The van der Waals surface area contributed by atoms with Gasteiger partial charge in [-0.1, -0.05) is 24.3 Å². The van der Waals surface area contributed by atoms with Gasteiger partial charge in [-0.05, 0) is 50.3 Å². The van der Waals surface area contributed by atoms with Crippen LogP contribution in [0.4, 0.5) is 0 Å². The van der Waals surface area contributed by atoms with Crippen molar-refractivity contribution in [2.75, 3.05) is 20.2 Å². The normalized spacial score (nSPS) is 15.0. The lowest BCUT2D eigenvalue weighted by Gasteiger charge is -2.14. The van der Waals surface area contributed by atoms with E-state index < -0.39 is 12.0 Å². The van der Waals surface area contributed by atoms with Crippen LogP contribution in [0.15, 0.2) is 30.3 Å². The highest BCUT2D eigenvalue weighted by molar-refractivity contribution is 5.97. The number of ether oxygens (including phenoxy) is 1. The van der Waals surface area contributed by atoms with Crippen LogP contribution in [-0.2, 0) is 14.3 Å². The van der Waals surface area contributed by atoms with Gasteiger partial charge < -0.3 is 15.0 Å². The van der Waals surface area contributed by atoms with Crippen molar-refractivity contribution in [1.29, 1.82) is 0 Å². The molecule has 6 heteroatoms. The van der Waals surface area contributed by atoms with E-state index in [0.717, 1.165) is 44.3 Å². The predicted molar refractivity (Wildman–Crippen MR) is 104 cm³/mol. The Morgan fingerprint density at radius 1 is 1.26 bits per heavy atom. The average molecular weight is 372 g/mol. The SMILES string of the molecule is COC(=O)[C@@H](C)NC(=O)c1cccc(C=CCCCC(=O)N2CCCC2)c1. The van der Waals surface area contributed by atoms with Gasteiger partial charge in [-0.2, -0.15) is 0 Å². The van der Waals surface area contributed by atoms with Crippen LogP contribution in [0.5, 0.6) is 0 Å². The minimum absolute atomic E-state index is 0.249. The highest BCUT2D eigenvalue weighted by Gasteiger charge is 2.17. The van der Waals surface area contributed by atoms with Gasteiger partial charge in [0.25, 0.3) is 5.91 Å². The summed E-state index contributed by atoms with van der Waals surface area (Å²) in [5.41, 5.74) is 1.39. The van der Waals surface area contributed by atoms with E-state index in [2.05, 4.69) is 10.1 Å². The van der Waals surface area contributed by atoms with Crippen LogP contribution in [0.25, 0.3) is 6.08 Å². The van der Waals surface area contributed by atoms with Gasteiger partial charge in [0.15, 0.2) is 0 Å². The number of nitrogens with zero attached hydrogens (tertiary/aromatic N) is 1.